The zero-order valence-corrected chi connectivity index (χ0v) is 16.2. The molecule has 4 unspecified atom stereocenters. The van der Waals surface area contributed by atoms with Crippen LogP contribution in [-0.2, 0) is 25.9 Å². The normalized spacial score (nSPS) is 28.3. The molecule has 1 aliphatic rings. The van der Waals surface area contributed by atoms with Crippen LogP contribution in [0.25, 0.3) is 0 Å². The Balaban J connectivity index is 2.24. The maximum atomic E-state index is 13.1. The highest BCUT2D eigenvalue weighted by Gasteiger charge is 2.55. The summed E-state index contributed by atoms with van der Waals surface area (Å²) >= 11 is 0. The fourth-order valence-corrected chi connectivity index (χ4v) is 5.15. The predicted molar refractivity (Wildman–Crippen MR) is 101 cm³/mol. The van der Waals surface area contributed by atoms with E-state index in [9.17, 15) is 14.1 Å². The fraction of sp³-hybridized carbons (Fsp3) is 0.381. The Labute approximate surface area is 156 Å². The van der Waals surface area contributed by atoms with Crippen LogP contribution in [0.1, 0.15) is 38.8 Å². The monoisotopic (exact) mass is 372 g/mol. The molecule has 1 N–H and O–H groups in total. The summed E-state index contributed by atoms with van der Waals surface area (Å²) in [5.41, 5.74) is -1.22. The molecular formula is C21H24O4S. The van der Waals surface area contributed by atoms with Crippen LogP contribution in [0.15, 0.2) is 59.5 Å². The SMILES string of the molecule is CC1C(C(=O)OC(C)(C)C)C(O)(c2ccccc2)c2ccccc2S1=O. The minimum atomic E-state index is -1.60. The van der Waals surface area contributed by atoms with E-state index in [1.165, 1.54) is 0 Å². The van der Waals surface area contributed by atoms with E-state index < -0.39 is 39.1 Å². The second-order valence-corrected chi connectivity index (χ2v) is 9.42. The summed E-state index contributed by atoms with van der Waals surface area (Å²) < 4.78 is 18.6. The summed E-state index contributed by atoms with van der Waals surface area (Å²) in [4.78, 5) is 13.6. The first-order valence-electron chi connectivity index (χ1n) is 8.67. The van der Waals surface area contributed by atoms with E-state index in [1.807, 2.05) is 18.2 Å². The number of hydrogen-bond donors (Lipinski definition) is 1. The van der Waals surface area contributed by atoms with Crippen LogP contribution >= 0.6 is 0 Å². The highest BCUT2D eigenvalue weighted by atomic mass is 32.2. The van der Waals surface area contributed by atoms with Gasteiger partial charge in [-0.2, -0.15) is 0 Å². The van der Waals surface area contributed by atoms with E-state index in [2.05, 4.69) is 0 Å². The Kier molecular flexibility index (Phi) is 4.80. The molecule has 4 nitrogen and oxygen atoms in total. The number of carbonyl (C=O) groups excluding carboxylic acids is 1. The molecule has 138 valence electrons. The average Bonchev–Trinajstić information content (AvgIpc) is 2.59. The van der Waals surface area contributed by atoms with E-state index in [1.54, 1.807) is 64.1 Å². The number of fused-ring (bicyclic) bond motifs is 1. The van der Waals surface area contributed by atoms with Gasteiger partial charge in [-0.1, -0.05) is 48.5 Å². The molecule has 0 amide bonds. The summed E-state index contributed by atoms with van der Waals surface area (Å²) in [5.74, 6) is -1.51. The van der Waals surface area contributed by atoms with Crippen LogP contribution in [0.5, 0.6) is 0 Å². The van der Waals surface area contributed by atoms with Crippen LogP contribution < -0.4 is 0 Å². The highest BCUT2D eigenvalue weighted by molar-refractivity contribution is 7.85. The lowest BCUT2D eigenvalue weighted by atomic mass is 9.74. The third-order valence-corrected chi connectivity index (χ3v) is 6.38. The molecule has 26 heavy (non-hydrogen) atoms. The summed E-state index contributed by atoms with van der Waals surface area (Å²) in [7, 11) is -1.42. The minimum absolute atomic E-state index is 0.499. The Morgan fingerprint density at radius 1 is 1.08 bits per heavy atom. The van der Waals surface area contributed by atoms with Gasteiger partial charge in [-0.05, 0) is 39.3 Å². The lowest BCUT2D eigenvalue weighted by Crippen LogP contribution is -2.53. The van der Waals surface area contributed by atoms with E-state index in [0.29, 0.717) is 16.0 Å². The minimum Gasteiger partial charge on any atom is -0.460 e. The summed E-state index contributed by atoms with van der Waals surface area (Å²) in [5, 5.41) is 11.3. The summed E-state index contributed by atoms with van der Waals surface area (Å²) in [6.07, 6.45) is 0. The van der Waals surface area contributed by atoms with Crippen molar-refractivity contribution in [2.24, 2.45) is 5.92 Å². The number of carbonyl (C=O) groups is 1. The van der Waals surface area contributed by atoms with Gasteiger partial charge >= 0.3 is 5.97 Å². The average molecular weight is 372 g/mol. The summed E-state index contributed by atoms with van der Waals surface area (Å²) in [6, 6.07) is 16.1. The third-order valence-electron chi connectivity index (χ3n) is 4.65. The van der Waals surface area contributed by atoms with Crippen LogP contribution in [0.4, 0.5) is 0 Å². The van der Waals surface area contributed by atoms with Crippen molar-refractivity contribution in [2.45, 2.75) is 49.0 Å². The molecule has 0 saturated carbocycles. The second-order valence-electron chi connectivity index (χ2n) is 7.64. The maximum Gasteiger partial charge on any atom is 0.314 e. The van der Waals surface area contributed by atoms with Gasteiger partial charge in [0.15, 0.2) is 0 Å². The molecule has 0 saturated heterocycles. The molecular weight excluding hydrogens is 348 g/mol. The first-order valence-corrected chi connectivity index (χ1v) is 9.88. The molecule has 2 aromatic rings. The number of hydrogen-bond acceptors (Lipinski definition) is 4. The third kappa shape index (κ3) is 3.10. The van der Waals surface area contributed by atoms with E-state index in [0.717, 1.165) is 0 Å². The molecule has 0 fully saturated rings. The predicted octanol–water partition coefficient (Wildman–Crippen LogP) is 3.39. The van der Waals surface area contributed by atoms with Crippen molar-refractivity contribution >= 4 is 16.8 Å². The second kappa shape index (κ2) is 6.63. The van der Waals surface area contributed by atoms with Crippen LogP contribution in [0, 0.1) is 5.92 Å². The number of benzene rings is 2. The van der Waals surface area contributed by atoms with Gasteiger partial charge in [-0.25, -0.2) is 0 Å². The first kappa shape index (κ1) is 18.8. The standard InChI is InChI=1S/C21H24O4S/c1-14-18(19(22)25-20(2,3)4)21(23,15-10-6-5-7-11-15)16-12-8-9-13-17(16)26(14)24/h5-14,18,23H,1-4H3. The smallest absolute Gasteiger partial charge is 0.314 e. The van der Waals surface area contributed by atoms with Crippen molar-refractivity contribution < 1.29 is 18.8 Å². The van der Waals surface area contributed by atoms with Crippen molar-refractivity contribution in [1.82, 2.24) is 0 Å². The summed E-state index contributed by atoms with van der Waals surface area (Å²) in [6.45, 7) is 7.08. The van der Waals surface area contributed by atoms with Gasteiger partial charge in [0, 0.05) is 10.5 Å². The first-order chi connectivity index (χ1) is 12.2. The topological polar surface area (TPSA) is 63.6 Å². The molecule has 0 aliphatic carbocycles. The van der Waals surface area contributed by atoms with Gasteiger partial charge in [-0.3, -0.25) is 9.00 Å². The van der Waals surface area contributed by atoms with Crippen molar-refractivity contribution in [2.75, 3.05) is 0 Å². The molecule has 5 heteroatoms. The van der Waals surface area contributed by atoms with E-state index in [-0.39, 0.29) is 0 Å². The molecule has 0 spiro atoms. The fourth-order valence-electron chi connectivity index (χ4n) is 3.54. The highest BCUT2D eigenvalue weighted by Crippen LogP contribution is 2.47. The number of esters is 1. The van der Waals surface area contributed by atoms with Gasteiger partial charge in [0.25, 0.3) is 0 Å². The van der Waals surface area contributed by atoms with Crippen LogP contribution in [0.2, 0.25) is 0 Å². The Morgan fingerprint density at radius 3 is 2.27 bits per heavy atom. The largest absolute Gasteiger partial charge is 0.460 e. The molecule has 4 atom stereocenters. The molecule has 1 heterocycles. The maximum absolute atomic E-state index is 13.1. The zero-order chi connectivity index (χ0) is 19.1. The lowest BCUT2D eigenvalue weighted by molar-refractivity contribution is -0.168. The number of ether oxygens (including phenoxy) is 1. The Bertz CT molecular complexity index is 841. The Morgan fingerprint density at radius 2 is 1.65 bits per heavy atom. The van der Waals surface area contributed by atoms with Gasteiger partial charge in [0.1, 0.15) is 17.1 Å². The van der Waals surface area contributed by atoms with Gasteiger partial charge in [-0.15, -0.1) is 0 Å². The van der Waals surface area contributed by atoms with Crippen molar-refractivity contribution in [3.8, 4) is 0 Å². The van der Waals surface area contributed by atoms with Crippen molar-refractivity contribution in [3.63, 3.8) is 0 Å². The molecule has 3 rings (SSSR count). The van der Waals surface area contributed by atoms with E-state index in [4.69, 9.17) is 4.74 Å². The molecule has 0 radical (unpaired) electrons. The quantitative estimate of drug-likeness (QED) is 0.821. The van der Waals surface area contributed by atoms with E-state index >= 15 is 0 Å². The number of aliphatic hydroxyl groups is 1. The zero-order valence-electron chi connectivity index (χ0n) is 15.4. The molecule has 2 aromatic carbocycles. The molecule has 0 bridgehead atoms. The Hall–Kier alpha value is -1.98. The number of rotatable bonds is 2. The van der Waals surface area contributed by atoms with Crippen LogP contribution in [-0.4, -0.2) is 26.1 Å². The molecule has 1 aliphatic heterocycles. The van der Waals surface area contributed by atoms with Gasteiger partial charge < -0.3 is 9.84 Å². The van der Waals surface area contributed by atoms with Crippen molar-refractivity contribution in [1.29, 1.82) is 0 Å². The van der Waals surface area contributed by atoms with Gasteiger partial charge in [0.05, 0.1) is 16.0 Å². The van der Waals surface area contributed by atoms with Crippen molar-refractivity contribution in [3.05, 3.63) is 65.7 Å². The van der Waals surface area contributed by atoms with Crippen LogP contribution in [0.3, 0.4) is 0 Å². The molecule has 0 aromatic heterocycles. The van der Waals surface area contributed by atoms with Gasteiger partial charge in [0.2, 0.25) is 0 Å². The lowest BCUT2D eigenvalue weighted by Gasteiger charge is -2.43.